The van der Waals surface area contributed by atoms with Crippen molar-refractivity contribution in [1.29, 1.82) is 0 Å². The third-order valence-corrected chi connectivity index (χ3v) is 5.36. The van der Waals surface area contributed by atoms with Crippen LogP contribution in [0.4, 0.5) is 5.69 Å². The molecular formula is C13H14N2O3S2. The van der Waals surface area contributed by atoms with Crippen molar-refractivity contribution in [2.75, 3.05) is 10.6 Å². The van der Waals surface area contributed by atoms with Crippen LogP contribution >= 0.6 is 11.3 Å². The molecule has 0 amide bonds. The number of anilines is 1. The van der Waals surface area contributed by atoms with Crippen molar-refractivity contribution in [2.24, 2.45) is 0 Å². The van der Waals surface area contributed by atoms with E-state index >= 15 is 0 Å². The number of thiazole rings is 1. The van der Waals surface area contributed by atoms with Gasteiger partial charge in [-0.3, -0.25) is 9.10 Å². The molecule has 3 rings (SSSR count). The van der Waals surface area contributed by atoms with Crippen molar-refractivity contribution in [3.05, 3.63) is 38.8 Å². The first-order chi connectivity index (χ1) is 9.36. The number of aromatic nitrogens is 1. The fraction of sp³-hybridized carbons (Fsp3) is 0.308. The molecule has 0 spiro atoms. The molecule has 1 unspecified atom stereocenters. The van der Waals surface area contributed by atoms with Crippen LogP contribution in [0, 0.1) is 0 Å². The lowest BCUT2D eigenvalue weighted by Gasteiger charge is -2.21. The van der Waals surface area contributed by atoms with Crippen LogP contribution in [0.3, 0.4) is 0 Å². The van der Waals surface area contributed by atoms with Gasteiger partial charge in [0.2, 0.25) is 10.0 Å². The number of H-pyrrole nitrogens is 1. The van der Waals surface area contributed by atoms with E-state index in [0.717, 1.165) is 33.8 Å². The Morgan fingerprint density at radius 3 is 2.75 bits per heavy atom. The maximum Gasteiger partial charge on any atom is 0.304 e. The summed E-state index contributed by atoms with van der Waals surface area (Å²) in [5.41, 5.74) is 3.41. The van der Waals surface area contributed by atoms with E-state index in [9.17, 15) is 13.2 Å². The predicted molar refractivity (Wildman–Crippen MR) is 80.9 cm³/mol. The molecule has 20 heavy (non-hydrogen) atoms. The van der Waals surface area contributed by atoms with Crippen molar-refractivity contribution in [1.82, 2.24) is 4.98 Å². The number of rotatable bonds is 2. The number of benzene rings is 1. The van der Waals surface area contributed by atoms with Gasteiger partial charge >= 0.3 is 4.87 Å². The van der Waals surface area contributed by atoms with Crippen LogP contribution in [0.1, 0.15) is 12.5 Å². The minimum Gasteiger partial charge on any atom is -0.312 e. The van der Waals surface area contributed by atoms with Gasteiger partial charge in [-0.25, -0.2) is 8.42 Å². The van der Waals surface area contributed by atoms with E-state index in [-0.39, 0.29) is 10.9 Å². The average molecular weight is 310 g/mol. The number of hydrogen-bond donors (Lipinski definition) is 1. The first kappa shape index (κ1) is 13.4. The Balaban J connectivity index is 2.09. The summed E-state index contributed by atoms with van der Waals surface area (Å²) in [4.78, 5) is 13.9. The zero-order valence-electron chi connectivity index (χ0n) is 11.1. The molecule has 7 heteroatoms. The van der Waals surface area contributed by atoms with E-state index in [1.54, 1.807) is 5.38 Å². The Kier molecular flexibility index (Phi) is 2.98. The van der Waals surface area contributed by atoms with Crippen LogP contribution in [0.25, 0.3) is 11.3 Å². The molecule has 2 heterocycles. The maximum absolute atomic E-state index is 11.8. The zero-order chi connectivity index (χ0) is 14.5. The normalized spacial score (nSPS) is 18.3. The summed E-state index contributed by atoms with van der Waals surface area (Å²) in [6.07, 6.45) is 1.91. The molecule has 0 aliphatic carbocycles. The topological polar surface area (TPSA) is 70.2 Å². The number of aromatic amines is 1. The molecule has 0 bridgehead atoms. The van der Waals surface area contributed by atoms with E-state index in [1.807, 2.05) is 25.1 Å². The quantitative estimate of drug-likeness (QED) is 0.919. The highest BCUT2D eigenvalue weighted by Gasteiger charge is 2.32. The molecule has 1 N–H and O–H groups in total. The summed E-state index contributed by atoms with van der Waals surface area (Å²) in [5.74, 6) is 0. The molecule has 1 aliphatic rings. The van der Waals surface area contributed by atoms with Crippen molar-refractivity contribution in [3.63, 3.8) is 0 Å². The summed E-state index contributed by atoms with van der Waals surface area (Å²) >= 11 is 1.12. The van der Waals surface area contributed by atoms with Crippen LogP contribution in [-0.2, 0) is 16.4 Å². The van der Waals surface area contributed by atoms with Crippen molar-refractivity contribution in [2.45, 2.75) is 19.4 Å². The highest BCUT2D eigenvalue weighted by Crippen LogP contribution is 2.36. The van der Waals surface area contributed by atoms with E-state index in [1.165, 1.54) is 10.6 Å². The number of nitrogens with one attached hydrogen (secondary N) is 1. The second-order valence-corrected chi connectivity index (χ2v) is 7.72. The highest BCUT2D eigenvalue weighted by atomic mass is 32.2. The maximum atomic E-state index is 11.8. The molecule has 2 aromatic rings. The monoisotopic (exact) mass is 310 g/mol. The molecule has 1 aromatic heterocycles. The van der Waals surface area contributed by atoms with Crippen LogP contribution in [0.5, 0.6) is 0 Å². The van der Waals surface area contributed by atoms with Crippen molar-refractivity contribution in [3.8, 4) is 11.3 Å². The van der Waals surface area contributed by atoms with Gasteiger partial charge in [-0.2, -0.15) is 0 Å². The van der Waals surface area contributed by atoms with Crippen LogP contribution in [-0.4, -0.2) is 25.7 Å². The lowest BCUT2D eigenvalue weighted by molar-refractivity contribution is 0.590. The molecule has 0 saturated heterocycles. The lowest BCUT2D eigenvalue weighted by Crippen LogP contribution is -2.34. The largest absolute Gasteiger partial charge is 0.312 e. The Bertz CT molecular complexity index is 820. The molecule has 106 valence electrons. The SMILES string of the molecule is CC1Cc2cc(-c3csc(=O)[nH]3)ccc2N1S(C)(=O)=O. The Hall–Kier alpha value is -1.60. The molecular weight excluding hydrogens is 296 g/mol. The van der Waals surface area contributed by atoms with E-state index in [0.29, 0.717) is 6.42 Å². The van der Waals surface area contributed by atoms with Crippen LogP contribution in [0.15, 0.2) is 28.4 Å². The van der Waals surface area contributed by atoms with Gasteiger partial charge in [0.1, 0.15) is 0 Å². The van der Waals surface area contributed by atoms with Gasteiger partial charge in [-0.05, 0) is 36.6 Å². The van der Waals surface area contributed by atoms with E-state index in [4.69, 9.17) is 0 Å². The minimum atomic E-state index is -3.26. The average Bonchev–Trinajstić information content (AvgIpc) is 2.89. The van der Waals surface area contributed by atoms with E-state index in [2.05, 4.69) is 4.98 Å². The summed E-state index contributed by atoms with van der Waals surface area (Å²) in [6, 6.07) is 5.53. The predicted octanol–water partition coefficient (Wildman–Crippen LogP) is 1.81. The van der Waals surface area contributed by atoms with Gasteiger partial charge in [0.05, 0.1) is 17.6 Å². The third-order valence-electron chi connectivity index (χ3n) is 3.42. The second-order valence-electron chi connectivity index (χ2n) is 5.02. The lowest BCUT2D eigenvalue weighted by atomic mass is 10.1. The number of sulfonamides is 1. The van der Waals surface area contributed by atoms with Crippen molar-refractivity contribution >= 4 is 27.0 Å². The van der Waals surface area contributed by atoms with Gasteiger partial charge in [-0.15, -0.1) is 0 Å². The highest BCUT2D eigenvalue weighted by molar-refractivity contribution is 7.92. The first-order valence-corrected chi connectivity index (χ1v) is 8.89. The van der Waals surface area contributed by atoms with Gasteiger partial charge in [0.25, 0.3) is 0 Å². The Morgan fingerprint density at radius 1 is 1.40 bits per heavy atom. The Labute approximate surface area is 120 Å². The first-order valence-electron chi connectivity index (χ1n) is 6.17. The van der Waals surface area contributed by atoms with Crippen LogP contribution in [0.2, 0.25) is 0 Å². The molecule has 5 nitrogen and oxygen atoms in total. The number of fused-ring (bicyclic) bond motifs is 1. The fourth-order valence-electron chi connectivity index (χ4n) is 2.70. The van der Waals surface area contributed by atoms with Gasteiger partial charge in [-0.1, -0.05) is 17.4 Å². The summed E-state index contributed by atoms with van der Waals surface area (Å²) in [7, 11) is -3.26. The summed E-state index contributed by atoms with van der Waals surface area (Å²) < 4.78 is 25.2. The molecule has 1 aromatic carbocycles. The van der Waals surface area contributed by atoms with Gasteiger partial charge < -0.3 is 4.98 Å². The summed E-state index contributed by atoms with van der Waals surface area (Å²) in [5, 5.41) is 1.77. The fourth-order valence-corrected chi connectivity index (χ4v) is 4.55. The minimum absolute atomic E-state index is 0.0724. The zero-order valence-corrected chi connectivity index (χ0v) is 12.7. The van der Waals surface area contributed by atoms with Gasteiger partial charge in [0, 0.05) is 11.4 Å². The summed E-state index contributed by atoms with van der Waals surface area (Å²) in [6.45, 7) is 1.90. The number of hydrogen-bond acceptors (Lipinski definition) is 4. The van der Waals surface area contributed by atoms with Crippen LogP contribution < -0.4 is 9.18 Å². The molecule has 0 saturated carbocycles. The molecule has 0 radical (unpaired) electrons. The Morgan fingerprint density at radius 2 is 2.15 bits per heavy atom. The number of nitrogens with zero attached hydrogens (tertiary/aromatic N) is 1. The standard InChI is InChI=1S/C13H14N2O3S2/c1-8-5-10-6-9(11-7-19-13(16)14-11)3-4-12(10)15(8)20(2,17)18/h3-4,6-8H,5H2,1-2H3,(H,14,16). The van der Waals surface area contributed by atoms with E-state index < -0.39 is 10.0 Å². The van der Waals surface area contributed by atoms with Crippen molar-refractivity contribution < 1.29 is 8.42 Å². The molecule has 0 fully saturated rings. The third kappa shape index (κ3) is 2.16. The van der Waals surface area contributed by atoms with Gasteiger partial charge in [0.15, 0.2) is 0 Å². The smallest absolute Gasteiger partial charge is 0.304 e. The second kappa shape index (κ2) is 4.46. The molecule has 1 aliphatic heterocycles. The molecule has 1 atom stereocenters.